The maximum Gasteiger partial charge on any atom is 0.339 e. The molecule has 0 bridgehead atoms. The molecule has 0 spiro atoms. The van der Waals surface area contributed by atoms with Crippen molar-refractivity contribution in [1.29, 1.82) is 0 Å². The molecule has 0 rings (SSSR count). The molecule has 13 heavy (non-hydrogen) atoms. The van der Waals surface area contributed by atoms with Gasteiger partial charge in [-0.3, -0.25) is 4.99 Å². The van der Waals surface area contributed by atoms with Crippen molar-refractivity contribution < 1.29 is 9.90 Å². The third-order valence-corrected chi connectivity index (χ3v) is 1.46. The van der Waals surface area contributed by atoms with Crippen molar-refractivity contribution in [1.82, 2.24) is 0 Å². The summed E-state index contributed by atoms with van der Waals surface area (Å²) in [6.07, 6.45) is 1.85. The van der Waals surface area contributed by atoms with E-state index in [1.807, 2.05) is 13.8 Å². The van der Waals surface area contributed by atoms with Crippen LogP contribution in [0.2, 0.25) is 0 Å². The first-order valence-electron chi connectivity index (χ1n) is 4.13. The molecule has 0 unspecified atom stereocenters. The summed E-state index contributed by atoms with van der Waals surface area (Å²) in [5, 5.41) is 8.76. The third-order valence-electron chi connectivity index (χ3n) is 1.46. The molecule has 0 saturated heterocycles. The van der Waals surface area contributed by atoms with E-state index in [2.05, 4.69) is 4.99 Å². The zero-order chi connectivity index (χ0) is 10.4. The Bertz CT molecular complexity index is 242. The maximum absolute atomic E-state index is 10.7. The molecule has 0 amide bonds. The predicted octanol–water partition coefficient (Wildman–Crippen LogP) is 1.03. The number of aliphatic imine (C=N–C) groups is 1. The minimum atomic E-state index is -1.02. The number of nitrogens with two attached hydrogens (primary N) is 1. The van der Waals surface area contributed by atoms with Gasteiger partial charge in [0.2, 0.25) is 0 Å². The van der Waals surface area contributed by atoms with Gasteiger partial charge in [0.1, 0.15) is 0 Å². The molecule has 0 aliphatic rings. The molecular formula is C9H16N2O2. The molecule has 0 aliphatic carbocycles. The van der Waals surface area contributed by atoms with E-state index in [4.69, 9.17) is 10.8 Å². The van der Waals surface area contributed by atoms with Crippen molar-refractivity contribution in [3.8, 4) is 0 Å². The highest BCUT2D eigenvalue weighted by Gasteiger charge is 2.10. The normalized spacial score (nSPS) is 13.5. The van der Waals surface area contributed by atoms with Gasteiger partial charge in [0, 0.05) is 19.0 Å². The van der Waals surface area contributed by atoms with Gasteiger partial charge in [-0.1, -0.05) is 13.8 Å². The summed E-state index contributed by atoms with van der Waals surface area (Å²) in [5.41, 5.74) is 6.09. The van der Waals surface area contributed by atoms with Crippen LogP contribution in [-0.4, -0.2) is 24.3 Å². The van der Waals surface area contributed by atoms with Gasteiger partial charge in [-0.05, 0) is 12.3 Å². The summed E-state index contributed by atoms with van der Waals surface area (Å²) in [4.78, 5) is 14.3. The van der Waals surface area contributed by atoms with Gasteiger partial charge in [0.05, 0.1) is 5.57 Å². The molecule has 0 fully saturated rings. The number of allylic oxidation sites excluding steroid dienone is 1. The minimum absolute atomic E-state index is 0.0937. The number of carboxylic acids is 1. The standard InChI is InChI=1S/C9H16N2O2/c1-6(2)4-8(10)7(5-11-3)9(12)13/h5-6H,4,10H2,1-3H3,(H,12,13). The van der Waals surface area contributed by atoms with Gasteiger partial charge in [0.15, 0.2) is 0 Å². The van der Waals surface area contributed by atoms with Crippen molar-refractivity contribution in [2.45, 2.75) is 20.3 Å². The van der Waals surface area contributed by atoms with Gasteiger partial charge in [-0.2, -0.15) is 0 Å². The molecule has 0 radical (unpaired) electrons. The Labute approximate surface area is 78.2 Å². The van der Waals surface area contributed by atoms with Crippen LogP contribution in [0, 0.1) is 5.92 Å². The van der Waals surface area contributed by atoms with E-state index < -0.39 is 5.97 Å². The smallest absolute Gasteiger partial charge is 0.339 e. The average molecular weight is 184 g/mol. The first kappa shape index (κ1) is 11.7. The number of rotatable bonds is 4. The Balaban J connectivity index is 4.75. The van der Waals surface area contributed by atoms with E-state index >= 15 is 0 Å². The molecule has 0 aliphatic heterocycles. The molecule has 0 aromatic rings. The van der Waals surface area contributed by atoms with E-state index in [1.54, 1.807) is 0 Å². The number of hydrogen-bond acceptors (Lipinski definition) is 3. The van der Waals surface area contributed by atoms with Crippen molar-refractivity contribution in [2.75, 3.05) is 7.05 Å². The quantitative estimate of drug-likeness (QED) is 0.506. The SMILES string of the molecule is CN=CC(C(=O)O)=C(N)CC(C)C. The van der Waals surface area contributed by atoms with E-state index in [0.717, 1.165) is 0 Å². The van der Waals surface area contributed by atoms with Crippen molar-refractivity contribution in [3.63, 3.8) is 0 Å². The molecule has 0 heterocycles. The lowest BCUT2D eigenvalue weighted by molar-refractivity contribution is -0.132. The van der Waals surface area contributed by atoms with Gasteiger partial charge >= 0.3 is 5.97 Å². The van der Waals surface area contributed by atoms with Crippen LogP contribution in [-0.2, 0) is 4.79 Å². The van der Waals surface area contributed by atoms with Crippen LogP contribution < -0.4 is 5.73 Å². The third kappa shape index (κ3) is 4.30. The van der Waals surface area contributed by atoms with Crippen molar-refractivity contribution >= 4 is 12.2 Å². The lowest BCUT2D eigenvalue weighted by atomic mass is 10.0. The molecule has 0 aromatic carbocycles. The second kappa shape index (κ2) is 5.35. The fraction of sp³-hybridized carbons (Fsp3) is 0.556. The zero-order valence-electron chi connectivity index (χ0n) is 8.24. The van der Waals surface area contributed by atoms with Crippen LogP contribution in [0.1, 0.15) is 20.3 Å². The summed E-state index contributed by atoms with van der Waals surface area (Å²) in [5.74, 6) is -0.677. The summed E-state index contributed by atoms with van der Waals surface area (Å²) >= 11 is 0. The molecular weight excluding hydrogens is 168 g/mol. The number of carbonyl (C=O) groups is 1. The van der Waals surface area contributed by atoms with E-state index in [-0.39, 0.29) is 5.57 Å². The first-order valence-corrected chi connectivity index (χ1v) is 4.13. The first-order chi connectivity index (χ1) is 5.99. The van der Waals surface area contributed by atoms with Crippen LogP contribution in [0.25, 0.3) is 0 Å². The lowest BCUT2D eigenvalue weighted by Gasteiger charge is -2.06. The second-order valence-electron chi connectivity index (χ2n) is 3.23. The fourth-order valence-electron chi connectivity index (χ4n) is 0.954. The van der Waals surface area contributed by atoms with Gasteiger partial charge < -0.3 is 10.8 Å². The molecule has 4 nitrogen and oxygen atoms in total. The van der Waals surface area contributed by atoms with E-state index in [9.17, 15) is 4.79 Å². The van der Waals surface area contributed by atoms with Gasteiger partial charge in [-0.25, -0.2) is 4.79 Å². The molecule has 3 N–H and O–H groups in total. The largest absolute Gasteiger partial charge is 0.478 e. The van der Waals surface area contributed by atoms with Crippen LogP contribution in [0.3, 0.4) is 0 Å². The number of aliphatic carboxylic acids is 1. The van der Waals surface area contributed by atoms with Gasteiger partial charge in [0.25, 0.3) is 0 Å². The minimum Gasteiger partial charge on any atom is -0.478 e. The fourth-order valence-corrected chi connectivity index (χ4v) is 0.954. The summed E-state index contributed by atoms with van der Waals surface area (Å²) in [6.45, 7) is 3.96. The zero-order valence-corrected chi connectivity index (χ0v) is 8.24. The average Bonchev–Trinajstić information content (AvgIpc) is 1.97. The second-order valence-corrected chi connectivity index (χ2v) is 3.23. The molecule has 4 heteroatoms. The molecule has 0 atom stereocenters. The van der Waals surface area contributed by atoms with Crippen LogP contribution in [0.5, 0.6) is 0 Å². The maximum atomic E-state index is 10.7. The summed E-state index contributed by atoms with van der Waals surface area (Å²) in [6, 6.07) is 0. The highest BCUT2D eigenvalue weighted by Crippen LogP contribution is 2.09. The summed E-state index contributed by atoms with van der Waals surface area (Å²) in [7, 11) is 1.52. The topological polar surface area (TPSA) is 75.7 Å². The van der Waals surface area contributed by atoms with Gasteiger partial charge in [-0.15, -0.1) is 0 Å². The number of hydrogen-bond donors (Lipinski definition) is 2. The summed E-state index contributed by atoms with van der Waals surface area (Å²) < 4.78 is 0. The van der Waals surface area contributed by atoms with Crippen molar-refractivity contribution in [2.24, 2.45) is 16.6 Å². The Hall–Kier alpha value is -1.32. The van der Waals surface area contributed by atoms with E-state index in [0.29, 0.717) is 18.0 Å². The van der Waals surface area contributed by atoms with E-state index in [1.165, 1.54) is 13.3 Å². The Morgan fingerprint density at radius 2 is 2.15 bits per heavy atom. The van der Waals surface area contributed by atoms with Crippen LogP contribution in [0.4, 0.5) is 0 Å². The Kier molecular flexibility index (Phi) is 4.80. The van der Waals surface area contributed by atoms with Crippen LogP contribution >= 0.6 is 0 Å². The number of nitrogens with zero attached hydrogens (tertiary/aromatic N) is 1. The highest BCUT2D eigenvalue weighted by atomic mass is 16.4. The molecule has 0 saturated carbocycles. The molecule has 74 valence electrons. The highest BCUT2D eigenvalue weighted by molar-refractivity contribution is 6.09. The molecule has 0 aromatic heterocycles. The number of carboxylic acid groups (broad SMARTS) is 1. The Morgan fingerprint density at radius 3 is 2.46 bits per heavy atom. The lowest BCUT2D eigenvalue weighted by Crippen LogP contribution is -2.13. The predicted molar refractivity (Wildman–Crippen MR) is 52.7 cm³/mol. The van der Waals surface area contributed by atoms with Crippen molar-refractivity contribution in [3.05, 3.63) is 11.3 Å². The monoisotopic (exact) mass is 184 g/mol. The Morgan fingerprint density at radius 1 is 1.62 bits per heavy atom. The van der Waals surface area contributed by atoms with Crippen LogP contribution in [0.15, 0.2) is 16.3 Å².